The zero-order chi connectivity index (χ0) is 20.4. The Labute approximate surface area is 172 Å². The zero-order valence-corrected chi connectivity index (χ0v) is 17.3. The molecule has 0 saturated heterocycles. The van der Waals surface area contributed by atoms with E-state index in [2.05, 4.69) is 0 Å². The molecule has 2 aliphatic carbocycles. The minimum Gasteiger partial charge on any atom is -0.496 e. The predicted molar refractivity (Wildman–Crippen MR) is 111 cm³/mol. The Morgan fingerprint density at radius 2 is 1.83 bits per heavy atom. The Balaban J connectivity index is 1.76. The van der Waals surface area contributed by atoms with Crippen molar-refractivity contribution in [2.75, 3.05) is 7.11 Å². The maximum atomic E-state index is 13.4. The molecule has 1 aromatic rings. The van der Waals surface area contributed by atoms with E-state index in [9.17, 15) is 9.59 Å². The van der Waals surface area contributed by atoms with Crippen molar-refractivity contribution in [3.8, 4) is 5.75 Å². The van der Waals surface area contributed by atoms with Crippen molar-refractivity contribution in [2.45, 2.75) is 70.3 Å². The average Bonchev–Trinajstić information content (AvgIpc) is 2.73. The summed E-state index contributed by atoms with van der Waals surface area (Å²) in [5, 5.41) is 0. The van der Waals surface area contributed by atoms with Gasteiger partial charge in [0.2, 0.25) is 0 Å². The molecule has 1 unspecified atom stereocenters. The minimum absolute atomic E-state index is 0.0280. The Kier molecular flexibility index (Phi) is 5.84. The van der Waals surface area contributed by atoms with E-state index in [1.54, 1.807) is 7.11 Å². The van der Waals surface area contributed by atoms with E-state index >= 15 is 0 Å². The molecule has 0 radical (unpaired) electrons. The summed E-state index contributed by atoms with van der Waals surface area (Å²) in [4.78, 5) is 31.0. The first-order valence-electron chi connectivity index (χ1n) is 10.7. The van der Waals surface area contributed by atoms with Gasteiger partial charge >= 0.3 is 5.97 Å². The molecule has 1 heterocycles. The number of rotatable bonds is 4. The number of esters is 1. The van der Waals surface area contributed by atoms with Gasteiger partial charge < -0.3 is 9.47 Å². The highest BCUT2D eigenvalue weighted by Crippen LogP contribution is 2.46. The molecular formula is C24H29NO4. The van der Waals surface area contributed by atoms with Gasteiger partial charge in [0.05, 0.1) is 7.11 Å². The molecule has 5 nitrogen and oxygen atoms in total. The predicted octanol–water partition coefficient (Wildman–Crippen LogP) is 4.75. The van der Waals surface area contributed by atoms with Gasteiger partial charge in [0.15, 0.2) is 5.78 Å². The third-order valence-corrected chi connectivity index (χ3v) is 6.40. The Morgan fingerprint density at radius 3 is 2.59 bits per heavy atom. The van der Waals surface area contributed by atoms with Gasteiger partial charge in [-0.3, -0.25) is 14.6 Å². The van der Waals surface area contributed by atoms with Crippen molar-refractivity contribution in [1.82, 2.24) is 0 Å². The van der Waals surface area contributed by atoms with Gasteiger partial charge in [0.25, 0.3) is 0 Å². The number of Topliss-reactive ketones (excluding diaryl/α,β-unsaturated/α-hetero) is 1. The lowest BCUT2D eigenvalue weighted by molar-refractivity contribution is -0.153. The van der Waals surface area contributed by atoms with Gasteiger partial charge in [-0.05, 0) is 51.5 Å². The highest BCUT2D eigenvalue weighted by Gasteiger charge is 2.44. The fourth-order valence-corrected chi connectivity index (χ4v) is 4.99. The lowest BCUT2D eigenvalue weighted by Gasteiger charge is -2.36. The van der Waals surface area contributed by atoms with Crippen molar-refractivity contribution in [3.63, 3.8) is 0 Å². The van der Waals surface area contributed by atoms with Crippen LogP contribution in [0.4, 0.5) is 0 Å². The number of allylic oxidation sites excluding steroid dienone is 2. The number of hydrogen-bond acceptors (Lipinski definition) is 5. The van der Waals surface area contributed by atoms with Crippen LogP contribution in [0.15, 0.2) is 40.5 Å². The Bertz CT molecular complexity index is 863. The van der Waals surface area contributed by atoms with Crippen molar-refractivity contribution >= 4 is 17.5 Å². The fourth-order valence-electron chi connectivity index (χ4n) is 4.99. The second-order valence-corrected chi connectivity index (χ2v) is 8.28. The summed E-state index contributed by atoms with van der Waals surface area (Å²) in [5.74, 6) is -0.475. The molecule has 29 heavy (non-hydrogen) atoms. The number of ketones is 1. The molecule has 0 bridgehead atoms. The molecule has 4 rings (SSSR count). The van der Waals surface area contributed by atoms with E-state index in [0.29, 0.717) is 17.7 Å². The maximum absolute atomic E-state index is 13.4. The molecule has 1 aliphatic heterocycles. The van der Waals surface area contributed by atoms with Gasteiger partial charge in [-0.15, -0.1) is 0 Å². The zero-order valence-electron chi connectivity index (χ0n) is 17.3. The largest absolute Gasteiger partial charge is 0.496 e. The summed E-state index contributed by atoms with van der Waals surface area (Å²) in [5.41, 5.74) is 3.10. The summed E-state index contributed by atoms with van der Waals surface area (Å²) in [6.07, 6.45) is 7.29. The van der Waals surface area contributed by atoms with Crippen LogP contribution < -0.4 is 4.74 Å². The Hall–Kier alpha value is -2.43. The highest BCUT2D eigenvalue weighted by atomic mass is 16.5. The van der Waals surface area contributed by atoms with E-state index in [1.807, 2.05) is 31.2 Å². The Morgan fingerprint density at radius 1 is 1.07 bits per heavy atom. The lowest BCUT2D eigenvalue weighted by atomic mass is 9.71. The molecule has 1 saturated carbocycles. The second kappa shape index (κ2) is 8.52. The van der Waals surface area contributed by atoms with Crippen molar-refractivity contribution in [3.05, 3.63) is 41.1 Å². The third-order valence-electron chi connectivity index (χ3n) is 6.40. The van der Waals surface area contributed by atoms with Crippen molar-refractivity contribution in [1.29, 1.82) is 0 Å². The molecule has 1 aromatic carbocycles. The normalized spacial score (nSPS) is 25.3. The number of ether oxygens (including phenoxy) is 2. The molecule has 0 spiro atoms. The van der Waals surface area contributed by atoms with Gasteiger partial charge in [-0.1, -0.05) is 24.6 Å². The molecule has 0 aromatic heterocycles. The third kappa shape index (κ3) is 3.87. The van der Waals surface area contributed by atoms with E-state index in [-0.39, 0.29) is 17.9 Å². The van der Waals surface area contributed by atoms with Gasteiger partial charge in [0.1, 0.15) is 17.8 Å². The lowest BCUT2D eigenvalue weighted by Crippen LogP contribution is -2.39. The summed E-state index contributed by atoms with van der Waals surface area (Å²) < 4.78 is 11.5. The smallest absolute Gasteiger partial charge is 0.315 e. The quantitative estimate of drug-likeness (QED) is 0.690. The monoisotopic (exact) mass is 395 g/mol. The molecule has 0 amide bonds. The first kappa shape index (κ1) is 19.9. The summed E-state index contributed by atoms with van der Waals surface area (Å²) >= 11 is 0. The van der Waals surface area contributed by atoms with Crippen LogP contribution in [-0.4, -0.2) is 30.7 Å². The molecule has 3 aliphatic rings. The van der Waals surface area contributed by atoms with Crippen LogP contribution >= 0.6 is 0 Å². The number of methoxy groups -OCH3 is 1. The fraction of sp³-hybridized carbons (Fsp3) is 0.542. The number of benzene rings is 1. The van der Waals surface area contributed by atoms with Crippen LogP contribution in [0.25, 0.3) is 0 Å². The van der Waals surface area contributed by atoms with Crippen LogP contribution in [0, 0.1) is 5.92 Å². The first-order chi connectivity index (χ1) is 14.1. The van der Waals surface area contributed by atoms with Crippen LogP contribution in [0.1, 0.15) is 69.8 Å². The standard InChI is InChI=1S/C24H29NO4/c1-15-21(24(27)29-16-9-4-3-5-10-16)22(17-11-6-7-14-20(17)28-2)23-18(25-15)12-8-13-19(23)26/h6-7,11,14,16,21-22H,3-5,8-10,12-13H2,1-2H3/t21?,22-/m1/s1. The molecule has 2 atom stereocenters. The minimum atomic E-state index is -0.589. The van der Waals surface area contributed by atoms with Gasteiger partial charge in [-0.25, -0.2) is 0 Å². The SMILES string of the molecule is COc1ccccc1[C@H]1C2=C(CCCC2=O)N=C(C)C1C(=O)OC1CCCCC1. The van der Waals surface area contributed by atoms with Crippen LogP contribution in [0.3, 0.4) is 0 Å². The molecule has 154 valence electrons. The number of para-hydroxylation sites is 1. The average molecular weight is 395 g/mol. The van der Waals surface area contributed by atoms with E-state index in [0.717, 1.165) is 55.5 Å². The number of aliphatic imine (C=N–C) groups is 1. The maximum Gasteiger partial charge on any atom is 0.315 e. The van der Waals surface area contributed by atoms with E-state index < -0.39 is 11.8 Å². The number of carbonyl (C=O) groups is 2. The topological polar surface area (TPSA) is 65.0 Å². The summed E-state index contributed by atoms with van der Waals surface area (Å²) in [7, 11) is 1.62. The first-order valence-corrected chi connectivity index (χ1v) is 10.7. The second-order valence-electron chi connectivity index (χ2n) is 8.28. The van der Waals surface area contributed by atoms with Crippen LogP contribution in [0.5, 0.6) is 5.75 Å². The van der Waals surface area contributed by atoms with Crippen LogP contribution in [-0.2, 0) is 14.3 Å². The van der Waals surface area contributed by atoms with Gasteiger partial charge in [0, 0.05) is 34.9 Å². The summed E-state index contributed by atoms with van der Waals surface area (Å²) in [6.45, 7) is 1.89. The molecule has 0 N–H and O–H groups in total. The van der Waals surface area contributed by atoms with Gasteiger partial charge in [-0.2, -0.15) is 0 Å². The number of nitrogens with zero attached hydrogens (tertiary/aromatic N) is 1. The molecular weight excluding hydrogens is 366 g/mol. The van der Waals surface area contributed by atoms with Crippen LogP contribution in [0.2, 0.25) is 0 Å². The number of carbonyl (C=O) groups excluding carboxylic acids is 2. The molecule has 5 heteroatoms. The molecule has 1 fully saturated rings. The van der Waals surface area contributed by atoms with Crippen molar-refractivity contribution < 1.29 is 19.1 Å². The van der Waals surface area contributed by atoms with Crippen molar-refractivity contribution in [2.24, 2.45) is 10.9 Å². The van der Waals surface area contributed by atoms with E-state index in [1.165, 1.54) is 6.42 Å². The summed E-state index contributed by atoms with van der Waals surface area (Å²) in [6, 6.07) is 7.67. The highest BCUT2D eigenvalue weighted by molar-refractivity contribution is 6.09. The number of hydrogen-bond donors (Lipinski definition) is 0. The van der Waals surface area contributed by atoms with E-state index in [4.69, 9.17) is 14.5 Å².